The first kappa shape index (κ1) is 22.5. The Morgan fingerprint density at radius 2 is 2.00 bits per heavy atom. The van der Waals surface area contributed by atoms with Gasteiger partial charge in [-0.3, -0.25) is 9.69 Å². The molecule has 3 aromatic heterocycles. The number of pyridine rings is 1. The van der Waals surface area contributed by atoms with Crippen LogP contribution in [0.5, 0.6) is 0 Å². The second-order valence-electron chi connectivity index (χ2n) is 8.81. The van der Waals surface area contributed by atoms with Crippen LogP contribution in [0.1, 0.15) is 16.4 Å². The number of hydrogen-bond donors (Lipinski definition) is 2. The highest BCUT2D eigenvalue weighted by molar-refractivity contribution is 6.04. The lowest BCUT2D eigenvalue weighted by atomic mass is 10.2. The van der Waals surface area contributed by atoms with Crippen LogP contribution in [-0.2, 0) is 4.74 Å². The van der Waals surface area contributed by atoms with Gasteiger partial charge in [0.05, 0.1) is 30.9 Å². The van der Waals surface area contributed by atoms with Gasteiger partial charge in [-0.2, -0.15) is 4.98 Å². The molecule has 11 nitrogen and oxygen atoms in total. The fourth-order valence-corrected chi connectivity index (χ4v) is 4.73. The van der Waals surface area contributed by atoms with Crippen LogP contribution in [0.3, 0.4) is 0 Å². The molecule has 3 N–H and O–H groups in total. The number of nitrogens with two attached hydrogens (primary N) is 1. The Kier molecular flexibility index (Phi) is 6.31. The van der Waals surface area contributed by atoms with Crippen molar-refractivity contribution in [1.29, 1.82) is 0 Å². The molecule has 3 aromatic rings. The molecule has 0 unspecified atom stereocenters. The van der Waals surface area contributed by atoms with Gasteiger partial charge in [0.1, 0.15) is 11.5 Å². The predicted octanol–water partition coefficient (Wildman–Crippen LogP) is 0.116. The van der Waals surface area contributed by atoms with Crippen molar-refractivity contribution in [1.82, 2.24) is 24.4 Å². The zero-order valence-electron chi connectivity index (χ0n) is 19.2. The van der Waals surface area contributed by atoms with E-state index < -0.39 is 12.0 Å². The van der Waals surface area contributed by atoms with Crippen molar-refractivity contribution in [2.24, 2.45) is 5.73 Å². The van der Waals surface area contributed by atoms with E-state index in [0.29, 0.717) is 48.8 Å². The van der Waals surface area contributed by atoms with Crippen molar-refractivity contribution >= 4 is 28.7 Å². The van der Waals surface area contributed by atoms with Crippen LogP contribution in [0.25, 0.3) is 11.0 Å². The summed E-state index contributed by atoms with van der Waals surface area (Å²) in [4.78, 5) is 31.8. The lowest BCUT2D eigenvalue weighted by Gasteiger charge is -2.28. The second-order valence-corrected chi connectivity index (χ2v) is 8.81. The maximum absolute atomic E-state index is 11.7. The zero-order chi connectivity index (χ0) is 23.7. The Morgan fingerprint density at radius 1 is 1.21 bits per heavy atom. The predicted molar refractivity (Wildman–Crippen MR) is 128 cm³/mol. The van der Waals surface area contributed by atoms with Gasteiger partial charge in [-0.15, -0.1) is 0 Å². The summed E-state index contributed by atoms with van der Waals surface area (Å²) in [5.41, 5.74) is 6.60. The molecule has 5 rings (SSSR count). The molecule has 0 radical (unpaired) electrons. The summed E-state index contributed by atoms with van der Waals surface area (Å²) >= 11 is 0. The van der Waals surface area contributed by atoms with Crippen molar-refractivity contribution in [3.05, 3.63) is 42.4 Å². The summed E-state index contributed by atoms with van der Waals surface area (Å²) in [6.45, 7) is 5.80. The highest BCUT2D eigenvalue weighted by Crippen LogP contribution is 2.28. The summed E-state index contributed by atoms with van der Waals surface area (Å²) in [5, 5.41) is 11.5. The largest absolute Gasteiger partial charge is 0.390 e. The van der Waals surface area contributed by atoms with E-state index in [0.717, 1.165) is 32.0 Å². The first-order valence-corrected chi connectivity index (χ1v) is 11.5. The number of anilines is 2. The number of carbonyl (C=O) groups is 1. The SMILES string of the molecule is CN(CCN1C[C@@H](O)[C@H](n2ccc3c(C(N)=O)ccnc32)C1)c1nccc(N2CCOCC2)n1. The summed E-state index contributed by atoms with van der Waals surface area (Å²) in [6.07, 6.45) is 4.71. The number of fused-ring (bicyclic) bond motifs is 1. The van der Waals surface area contributed by atoms with Crippen molar-refractivity contribution in [3.63, 3.8) is 0 Å². The highest BCUT2D eigenvalue weighted by Gasteiger charge is 2.33. The molecule has 0 aliphatic carbocycles. The lowest BCUT2D eigenvalue weighted by Crippen LogP contribution is -2.37. The normalized spacial score (nSPS) is 21.3. The van der Waals surface area contributed by atoms with Crippen molar-refractivity contribution < 1.29 is 14.6 Å². The smallest absolute Gasteiger partial charge is 0.249 e. The third-order valence-electron chi connectivity index (χ3n) is 6.63. The van der Waals surface area contributed by atoms with Crippen LogP contribution < -0.4 is 15.5 Å². The van der Waals surface area contributed by atoms with Crippen molar-refractivity contribution in [3.8, 4) is 0 Å². The van der Waals surface area contributed by atoms with Crippen LogP contribution in [0, 0.1) is 0 Å². The molecule has 2 fully saturated rings. The first-order valence-electron chi connectivity index (χ1n) is 11.5. The quantitative estimate of drug-likeness (QED) is 0.499. The molecule has 11 heteroatoms. The van der Waals surface area contributed by atoms with Crippen LogP contribution in [0.15, 0.2) is 36.8 Å². The fraction of sp³-hybridized carbons (Fsp3) is 0.478. The van der Waals surface area contributed by atoms with E-state index in [9.17, 15) is 9.90 Å². The summed E-state index contributed by atoms with van der Waals surface area (Å²) < 4.78 is 7.38. The number of carbonyl (C=O) groups excluding carboxylic acids is 1. The Hall–Kier alpha value is -3.28. The topological polar surface area (TPSA) is 126 Å². The van der Waals surface area contributed by atoms with Gasteiger partial charge < -0.3 is 29.9 Å². The Balaban J connectivity index is 1.23. The molecule has 2 saturated heterocycles. The third kappa shape index (κ3) is 4.41. The van der Waals surface area contributed by atoms with Gasteiger partial charge in [-0.25, -0.2) is 9.97 Å². The first-order chi connectivity index (χ1) is 16.5. The molecule has 0 bridgehead atoms. The number of morpholine rings is 1. The molecule has 0 spiro atoms. The van der Waals surface area contributed by atoms with Gasteiger partial charge in [-0.05, 0) is 18.2 Å². The minimum Gasteiger partial charge on any atom is -0.390 e. The van der Waals surface area contributed by atoms with Crippen LogP contribution >= 0.6 is 0 Å². The van der Waals surface area contributed by atoms with E-state index in [1.165, 1.54) is 0 Å². The second kappa shape index (κ2) is 9.53. The maximum Gasteiger partial charge on any atom is 0.249 e. The van der Waals surface area contributed by atoms with Crippen LogP contribution in [-0.4, -0.2) is 101 Å². The molecule has 1 amide bonds. The number of primary amides is 1. The van der Waals surface area contributed by atoms with E-state index in [-0.39, 0.29) is 6.04 Å². The number of amides is 1. The number of rotatable bonds is 7. The average molecular weight is 467 g/mol. The van der Waals surface area contributed by atoms with Crippen LogP contribution in [0.2, 0.25) is 0 Å². The zero-order valence-corrected chi connectivity index (χ0v) is 19.2. The van der Waals surface area contributed by atoms with E-state index in [4.69, 9.17) is 15.5 Å². The molecule has 5 heterocycles. The standard InChI is InChI=1S/C23H30N8O3/c1-28(23-26-6-3-20(27-23)30-10-12-34-13-11-30)8-9-29-14-18(19(32)15-29)31-7-4-17-16(21(24)33)2-5-25-22(17)31/h2-7,18-19,32H,8-15H2,1H3,(H2,24,33)/t18-,19-/m1/s1. The molecule has 2 atom stereocenters. The van der Waals surface area contributed by atoms with Crippen LogP contribution in [0.4, 0.5) is 11.8 Å². The Labute approximate surface area is 197 Å². The summed E-state index contributed by atoms with van der Waals surface area (Å²) in [5.74, 6) is 1.11. The van der Waals surface area contributed by atoms with E-state index >= 15 is 0 Å². The number of aromatic nitrogens is 4. The number of likely N-dealkylation sites (N-methyl/N-ethyl adjacent to an activating group) is 1. The molecule has 180 valence electrons. The maximum atomic E-state index is 11.7. The minimum atomic E-state index is -0.541. The molecular formula is C23H30N8O3. The van der Waals surface area contributed by atoms with E-state index in [1.807, 2.05) is 34.8 Å². The van der Waals surface area contributed by atoms with Gasteiger partial charge in [0.25, 0.3) is 0 Å². The number of likely N-dealkylation sites (tertiary alicyclic amines) is 1. The monoisotopic (exact) mass is 466 g/mol. The Morgan fingerprint density at radius 3 is 2.79 bits per heavy atom. The van der Waals surface area contributed by atoms with Gasteiger partial charge in [0.15, 0.2) is 0 Å². The molecular weight excluding hydrogens is 436 g/mol. The average Bonchev–Trinajstić information content (AvgIpc) is 3.45. The van der Waals surface area contributed by atoms with Gasteiger partial charge >= 0.3 is 0 Å². The number of hydrogen-bond acceptors (Lipinski definition) is 9. The highest BCUT2D eigenvalue weighted by atomic mass is 16.5. The molecule has 0 saturated carbocycles. The Bertz CT molecular complexity index is 1160. The van der Waals surface area contributed by atoms with Crippen molar-refractivity contribution in [2.75, 3.05) is 69.3 Å². The third-order valence-corrected chi connectivity index (χ3v) is 6.63. The van der Waals surface area contributed by atoms with Gasteiger partial charge in [0.2, 0.25) is 11.9 Å². The number of aliphatic hydroxyl groups is 1. The minimum absolute atomic E-state index is 0.153. The molecule has 34 heavy (non-hydrogen) atoms. The number of ether oxygens (including phenoxy) is 1. The van der Waals surface area contributed by atoms with Gasteiger partial charge in [-0.1, -0.05) is 0 Å². The van der Waals surface area contributed by atoms with E-state index in [1.54, 1.807) is 18.5 Å². The lowest BCUT2D eigenvalue weighted by molar-refractivity contribution is 0.100. The molecule has 2 aliphatic heterocycles. The van der Waals surface area contributed by atoms with Crippen molar-refractivity contribution in [2.45, 2.75) is 12.1 Å². The summed E-state index contributed by atoms with van der Waals surface area (Å²) in [6, 6.07) is 5.24. The molecule has 0 aromatic carbocycles. The number of nitrogens with zero attached hydrogens (tertiary/aromatic N) is 7. The van der Waals surface area contributed by atoms with Gasteiger partial charge in [0, 0.05) is 70.3 Å². The fourth-order valence-electron chi connectivity index (χ4n) is 4.73. The molecule has 2 aliphatic rings. The number of β-amino-alcohol motifs (C(OH)–C–C–N with tert-alkyl or cyclic N) is 1. The van der Waals surface area contributed by atoms with E-state index in [2.05, 4.69) is 19.8 Å². The number of aliphatic hydroxyl groups excluding tert-OH is 1. The summed E-state index contributed by atoms with van der Waals surface area (Å²) in [7, 11) is 1.98.